The van der Waals surface area contributed by atoms with E-state index in [1.165, 1.54) is 0 Å². The van der Waals surface area contributed by atoms with Crippen LogP contribution in [0.3, 0.4) is 0 Å². The summed E-state index contributed by atoms with van der Waals surface area (Å²) in [5.74, 6) is 0. The summed E-state index contributed by atoms with van der Waals surface area (Å²) in [4.78, 5) is 0. The first-order valence-electron chi connectivity index (χ1n) is 2.65. The van der Waals surface area contributed by atoms with Gasteiger partial charge in [-0.1, -0.05) is 0 Å². The summed E-state index contributed by atoms with van der Waals surface area (Å²) < 4.78 is 0. The number of hydrogen-bond acceptors (Lipinski definition) is 2. The van der Waals surface area contributed by atoms with Crippen LogP contribution in [0.2, 0.25) is 0 Å². The Morgan fingerprint density at radius 2 is 1.43 bits per heavy atom. The molecule has 2 nitrogen and oxygen atoms in total. The van der Waals surface area contributed by atoms with E-state index in [0.717, 1.165) is 12.8 Å². The molecule has 0 bridgehead atoms. The van der Waals surface area contributed by atoms with Gasteiger partial charge in [0.25, 0.3) is 0 Å². The Kier molecular flexibility index (Phi) is 1.30. The second-order valence-corrected chi connectivity index (χ2v) is 2.12. The van der Waals surface area contributed by atoms with Crippen molar-refractivity contribution in [3.8, 4) is 0 Å². The van der Waals surface area contributed by atoms with Gasteiger partial charge in [0, 0.05) is 0 Å². The van der Waals surface area contributed by atoms with Crippen molar-refractivity contribution in [3.05, 3.63) is 0 Å². The van der Waals surface area contributed by atoms with Crippen LogP contribution in [0.5, 0.6) is 0 Å². The highest BCUT2D eigenvalue weighted by molar-refractivity contribution is 4.72. The average Bonchev–Trinajstić information content (AvgIpc) is 1.87. The van der Waals surface area contributed by atoms with Crippen molar-refractivity contribution in [2.45, 2.75) is 31.5 Å². The Morgan fingerprint density at radius 3 is 1.57 bits per heavy atom. The summed E-state index contributed by atoms with van der Waals surface area (Å²) in [5.41, 5.74) is 0. The molecule has 0 saturated heterocycles. The first-order chi connectivity index (χ1) is 3.29. The highest BCUT2D eigenvalue weighted by Crippen LogP contribution is 2.17. The minimum Gasteiger partial charge on any atom is -0.393 e. The average molecular weight is 102 g/mol. The summed E-state index contributed by atoms with van der Waals surface area (Å²) in [5, 5.41) is 17.5. The number of aliphatic hydroxyl groups is 2. The number of rotatable bonds is 0. The highest BCUT2D eigenvalue weighted by Gasteiger charge is 2.19. The molecule has 0 spiro atoms. The van der Waals surface area contributed by atoms with Crippen molar-refractivity contribution in [3.63, 3.8) is 0 Å². The molecular weight excluding hydrogens is 92.1 g/mol. The van der Waals surface area contributed by atoms with Crippen LogP contribution in [-0.2, 0) is 0 Å². The summed E-state index contributed by atoms with van der Waals surface area (Å²) in [6.07, 6.45) is 1.69. The lowest BCUT2D eigenvalue weighted by molar-refractivity contribution is 0.137. The van der Waals surface area contributed by atoms with E-state index in [0.29, 0.717) is 6.42 Å². The molecule has 0 aromatic heterocycles. The van der Waals surface area contributed by atoms with Crippen molar-refractivity contribution in [1.29, 1.82) is 0 Å². The Balaban J connectivity index is 2.26. The predicted octanol–water partition coefficient (Wildman–Crippen LogP) is -0.108. The zero-order valence-electron chi connectivity index (χ0n) is 4.17. The summed E-state index contributed by atoms with van der Waals surface area (Å²) >= 11 is 0. The van der Waals surface area contributed by atoms with E-state index >= 15 is 0 Å². The molecule has 2 heteroatoms. The van der Waals surface area contributed by atoms with E-state index in [1.54, 1.807) is 0 Å². The summed E-state index contributed by atoms with van der Waals surface area (Å²) in [6.45, 7) is 0. The Labute approximate surface area is 42.8 Å². The Bertz CT molecular complexity index is 55.1. The molecule has 0 heterocycles. The van der Waals surface area contributed by atoms with Crippen molar-refractivity contribution >= 4 is 0 Å². The van der Waals surface area contributed by atoms with Crippen LogP contribution < -0.4 is 0 Å². The first-order valence-corrected chi connectivity index (χ1v) is 2.65. The second-order valence-electron chi connectivity index (χ2n) is 2.12. The van der Waals surface area contributed by atoms with Gasteiger partial charge in [0.15, 0.2) is 0 Å². The molecule has 1 aliphatic rings. The molecule has 42 valence electrons. The fourth-order valence-corrected chi connectivity index (χ4v) is 0.935. The number of hydrogen-bond donors (Lipinski definition) is 2. The molecule has 1 fully saturated rings. The van der Waals surface area contributed by atoms with Gasteiger partial charge in [-0.15, -0.1) is 0 Å². The highest BCUT2D eigenvalue weighted by atomic mass is 16.3. The fraction of sp³-hybridized carbons (Fsp3) is 1.00. The van der Waals surface area contributed by atoms with Gasteiger partial charge in [0.2, 0.25) is 0 Å². The molecule has 0 radical (unpaired) electrons. The zero-order chi connectivity index (χ0) is 5.28. The van der Waals surface area contributed by atoms with E-state index in [4.69, 9.17) is 10.2 Å². The van der Waals surface area contributed by atoms with Gasteiger partial charge in [-0.05, 0) is 19.3 Å². The van der Waals surface area contributed by atoms with Gasteiger partial charge < -0.3 is 10.2 Å². The molecule has 0 aliphatic heterocycles. The van der Waals surface area contributed by atoms with E-state index in [1.807, 2.05) is 0 Å². The Morgan fingerprint density at radius 1 is 1.00 bits per heavy atom. The maximum atomic E-state index is 8.74. The predicted molar refractivity (Wildman–Crippen MR) is 25.9 cm³/mol. The van der Waals surface area contributed by atoms with E-state index in [9.17, 15) is 0 Å². The van der Waals surface area contributed by atoms with E-state index < -0.39 is 0 Å². The quantitative estimate of drug-likeness (QED) is 0.448. The van der Waals surface area contributed by atoms with Crippen LogP contribution in [0.25, 0.3) is 0 Å². The molecule has 0 aromatic rings. The lowest BCUT2D eigenvalue weighted by atomic mass is 10.3. The van der Waals surface area contributed by atoms with Gasteiger partial charge in [-0.25, -0.2) is 0 Å². The minimum absolute atomic E-state index is 0.227. The van der Waals surface area contributed by atoms with Gasteiger partial charge in [0.1, 0.15) is 0 Å². The lowest BCUT2D eigenvalue weighted by Crippen LogP contribution is -2.02. The van der Waals surface area contributed by atoms with Crippen LogP contribution in [0.4, 0.5) is 0 Å². The van der Waals surface area contributed by atoms with Crippen LogP contribution in [0, 0.1) is 0 Å². The molecule has 2 N–H and O–H groups in total. The molecule has 1 saturated carbocycles. The fourth-order valence-electron chi connectivity index (χ4n) is 0.935. The lowest BCUT2D eigenvalue weighted by Gasteiger charge is -1.95. The topological polar surface area (TPSA) is 40.5 Å². The molecular formula is C5H10O2. The van der Waals surface area contributed by atoms with E-state index in [-0.39, 0.29) is 12.2 Å². The summed E-state index contributed by atoms with van der Waals surface area (Å²) in [7, 11) is 0. The minimum atomic E-state index is -0.227. The van der Waals surface area contributed by atoms with Gasteiger partial charge >= 0.3 is 0 Å². The van der Waals surface area contributed by atoms with Crippen LogP contribution in [0.15, 0.2) is 0 Å². The van der Waals surface area contributed by atoms with Crippen LogP contribution in [-0.4, -0.2) is 22.4 Å². The SMILES string of the molecule is O[C@@H]1CC[C@H](O)C1. The maximum absolute atomic E-state index is 8.74. The largest absolute Gasteiger partial charge is 0.393 e. The molecule has 1 aliphatic carbocycles. The molecule has 0 aromatic carbocycles. The van der Waals surface area contributed by atoms with Crippen molar-refractivity contribution in [2.75, 3.05) is 0 Å². The third-order valence-corrected chi connectivity index (χ3v) is 1.38. The first kappa shape index (κ1) is 5.06. The zero-order valence-corrected chi connectivity index (χ0v) is 4.17. The Hall–Kier alpha value is -0.0800. The third-order valence-electron chi connectivity index (χ3n) is 1.38. The van der Waals surface area contributed by atoms with Gasteiger partial charge in [-0.3, -0.25) is 0 Å². The molecule has 1 rings (SSSR count). The molecule has 0 unspecified atom stereocenters. The van der Waals surface area contributed by atoms with Crippen molar-refractivity contribution in [1.82, 2.24) is 0 Å². The molecule has 7 heavy (non-hydrogen) atoms. The third kappa shape index (κ3) is 1.14. The standard InChI is InChI=1S/C5H10O2/c6-4-1-2-5(7)3-4/h4-7H,1-3H2/t4-,5+. The van der Waals surface area contributed by atoms with Crippen molar-refractivity contribution in [2.24, 2.45) is 0 Å². The normalized spacial score (nSPS) is 42.0. The maximum Gasteiger partial charge on any atom is 0.0565 e. The number of aliphatic hydroxyl groups excluding tert-OH is 2. The second kappa shape index (κ2) is 1.80. The van der Waals surface area contributed by atoms with Crippen LogP contribution >= 0.6 is 0 Å². The summed E-state index contributed by atoms with van der Waals surface area (Å²) in [6, 6.07) is 0. The van der Waals surface area contributed by atoms with Gasteiger partial charge in [0.05, 0.1) is 12.2 Å². The van der Waals surface area contributed by atoms with Crippen LogP contribution in [0.1, 0.15) is 19.3 Å². The molecule has 2 atom stereocenters. The van der Waals surface area contributed by atoms with Gasteiger partial charge in [-0.2, -0.15) is 0 Å². The van der Waals surface area contributed by atoms with E-state index in [2.05, 4.69) is 0 Å². The smallest absolute Gasteiger partial charge is 0.0565 e. The monoisotopic (exact) mass is 102 g/mol. The van der Waals surface area contributed by atoms with Crippen molar-refractivity contribution < 1.29 is 10.2 Å². The molecule has 0 amide bonds.